The Morgan fingerprint density at radius 2 is 1.60 bits per heavy atom. The smallest absolute Gasteiger partial charge is 0.256 e. The summed E-state index contributed by atoms with van der Waals surface area (Å²) in [5, 5.41) is 6.63. The monoisotopic (exact) mass is 653 g/mol. The van der Waals surface area contributed by atoms with Crippen molar-refractivity contribution in [3.8, 4) is 0 Å². The second-order valence-electron chi connectivity index (χ2n) is 16.5. The molecular formula is C37H56FN5O4. The van der Waals surface area contributed by atoms with Gasteiger partial charge in [-0.25, -0.2) is 4.39 Å². The van der Waals surface area contributed by atoms with Crippen molar-refractivity contribution in [2.24, 2.45) is 29.6 Å². The van der Waals surface area contributed by atoms with E-state index in [1.165, 1.54) is 25.7 Å². The van der Waals surface area contributed by atoms with E-state index in [4.69, 9.17) is 4.74 Å². The van der Waals surface area contributed by atoms with Gasteiger partial charge in [-0.05, 0) is 116 Å². The van der Waals surface area contributed by atoms with Crippen molar-refractivity contribution >= 4 is 17.5 Å². The fourth-order valence-corrected chi connectivity index (χ4v) is 11.7. The first-order valence-electron chi connectivity index (χ1n) is 19.1. The molecular weight excluding hydrogens is 597 g/mol. The number of halogens is 1. The minimum atomic E-state index is -1.25. The molecule has 10 heteroatoms. The van der Waals surface area contributed by atoms with Crippen LogP contribution in [0.15, 0.2) is 11.8 Å². The van der Waals surface area contributed by atoms with Crippen LogP contribution in [-0.2, 0) is 19.1 Å². The zero-order chi connectivity index (χ0) is 32.4. The summed E-state index contributed by atoms with van der Waals surface area (Å²) in [6, 6.07) is 0.119. The number of Topliss-reactive ketones (excluding diaryl/α,β-unsaturated/α-hetero) is 2. The van der Waals surface area contributed by atoms with Crippen molar-refractivity contribution in [1.29, 1.82) is 0 Å². The van der Waals surface area contributed by atoms with Gasteiger partial charge in [0, 0.05) is 42.6 Å². The number of alkyl halides is 1. The maximum absolute atomic E-state index is 16.3. The summed E-state index contributed by atoms with van der Waals surface area (Å²) >= 11 is 0. The Morgan fingerprint density at radius 1 is 0.872 bits per heavy atom. The molecule has 0 aromatic carbocycles. The number of carbonyl (C=O) groups excluding carboxylic acids is 3. The summed E-state index contributed by atoms with van der Waals surface area (Å²) in [5.41, 5.74) is 0.175. The van der Waals surface area contributed by atoms with Crippen molar-refractivity contribution in [3.63, 3.8) is 0 Å². The molecule has 4 aliphatic heterocycles. The number of morpholine rings is 1. The zero-order valence-corrected chi connectivity index (χ0v) is 28.5. The number of amides is 1. The number of hydrogen-bond acceptors (Lipinski definition) is 8. The van der Waals surface area contributed by atoms with Gasteiger partial charge in [0.1, 0.15) is 12.0 Å². The third-order valence-electron chi connectivity index (χ3n) is 14.2. The Morgan fingerprint density at radius 3 is 2.32 bits per heavy atom. The summed E-state index contributed by atoms with van der Waals surface area (Å²) in [4.78, 5) is 48.5. The quantitative estimate of drug-likeness (QED) is 0.387. The first kappa shape index (κ1) is 32.3. The maximum Gasteiger partial charge on any atom is 0.256 e. The van der Waals surface area contributed by atoms with E-state index < -0.39 is 24.2 Å². The molecule has 9 nitrogen and oxygen atoms in total. The SMILES string of the molecule is CN1CCCC1CCNC(=O)C1=CN2C3CC4C(CC3OC3C(NCCC5CCCN5C)C(F)CC(C1=O)C32)C(=O)C1CCCCC14. The number of nitrogens with one attached hydrogen (secondary N) is 2. The topological polar surface area (TPSA) is 94.2 Å². The first-order chi connectivity index (χ1) is 22.8. The Kier molecular flexibility index (Phi) is 9.01. The van der Waals surface area contributed by atoms with E-state index in [0.29, 0.717) is 49.2 Å². The van der Waals surface area contributed by atoms with Crippen molar-refractivity contribution < 1.29 is 23.5 Å². The molecule has 8 aliphatic rings. The molecule has 0 aromatic rings. The maximum atomic E-state index is 16.3. The summed E-state index contributed by atoms with van der Waals surface area (Å²) in [7, 11) is 4.30. The molecule has 2 N–H and O–H groups in total. The normalized spacial score (nSPS) is 44.9. The van der Waals surface area contributed by atoms with Gasteiger partial charge in [0.05, 0.1) is 35.9 Å². The van der Waals surface area contributed by atoms with E-state index in [-0.39, 0.29) is 53.7 Å². The molecule has 1 amide bonds. The van der Waals surface area contributed by atoms with Crippen LogP contribution >= 0.6 is 0 Å². The van der Waals surface area contributed by atoms with Gasteiger partial charge >= 0.3 is 0 Å². The highest BCUT2D eigenvalue weighted by Crippen LogP contribution is 2.56. The van der Waals surface area contributed by atoms with Gasteiger partial charge in [0.15, 0.2) is 5.78 Å². The first-order valence-corrected chi connectivity index (χ1v) is 19.1. The predicted octanol–water partition coefficient (Wildman–Crippen LogP) is 3.08. The van der Waals surface area contributed by atoms with Crippen LogP contribution in [0.4, 0.5) is 4.39 Å². The van der Waals surface area contributed by atoms with Crippen LogP contribution in [0.3, 0.4) is 0 Å². The molecule has 0 aromatic heterocycles. The van der Waals surface area contributed by atoms with Crippen LogP contribution in [0.5, 0.6) is 0 Å². The predicted molar refractivity (Wildman–Crippen MR) is 176 cm³/mol. The molecule has 3 saturated heterocycles. The number of hydrogen-bond donors (Lipinski definition) is 2. The minimum absolute atomic E-state index is 0.0117. The lowest BCUT2D eigenvalue weighted by molar-refractivity contribution is -0.206. The van der Waals surface area contributed by atoms with E-state index in [1.54, 1.807) is 0 Å². The van der Waals surface area contributed by atoms with E-state index in [9.17, 15) is 14.4 Å². The molecule has 4 heterocycles. The zero-order valence-electron chi connectivity index (χ0n) is 28.5. The van der Waals surface area contributed by atoms with Gasteiger partial charge in [-0.3, -0.25) is 14.4 Å². The average Bonchev–Trinajstić information content (AvgIpc) is 3.75. The number of ketones is 2. The highest BCUT2D eigenvalue weighted by molar-refractivity contribution is 6.20. The standard InChI is InChI=1S/C37H56FN5O4/c1-41-15-5-7-21(41)11-13-39-32-29(38)17-27-33-36(32)47-31-19-26-25(23-9-3-4-10-24(23)34(26)44)18-30(31)43(33)20-28(35(27)45)37(46)40-14-12-22-8-6-16-42(22)2/h20-27,29-33,36,39H,3-19H2,1-2H3,(H,40,46). The Hall–Kier alpha value is -1.88. The van der Waals surface area contributed by atoms with E-state index >= 15 is 4.39 Å². The second-order valence-corrected chi connectivity index (χ2v) is 16.5. The molecule has 260 valence electrons. The molecule has 0 spiro atoms. The molecule has 47 heavy (non-hydrogen) atoms. The number of likely N-dealkylation sites (tertiary alicyclic amines) is 2. The Labute approximate surface area is 279 Å². The summed E-state index contributed by atoms with van der Waals surface area (Å²) < 4.78 is 23.2. The number of carbonyl (C=O) groups is 3. The average molecular weight is 654 g/mol. The largest absolute Gasteiger partial charge is 0.369 e. The molecule has 13 unspecified atom stereocenters. The summed E-state index contributed by atoms with van der Waals surface area (Å²) in [6.07, 6.45) is 12.4. The van der Waals surface area contributed by atoms with Gasteiger partial charge in [-0.15, -0.1) is 0 Å². The van der Waals surface area contributed by atoms with Crippen molar-refractivity contribution in [2.45, 2.75) is 132 Å². The molecule has 7 fully saturated rings. The Balaban J connectivity index is 1.06. The lowest BCUT2D eigenvalue weighted by Gasteiger charge is -2.60. The van der Waals surface area contributed by atoms with Crippen LogP contribution in [0.2, 0.25) is 0 Å². The molecule has 4 saturated carbocycles. The van der Waals surface area contributed by atoms with E-state index in [2.05, 4.69) is 39.4 Å². The number of fused-ring (bicyclic) bond motifs is 5. The molecule has 4 aliphatic carbocycles. The van der Waals surface area contributed by atoms with E-state index in [1.807, 2.05) is 6.20 Å². The molecule has 0 radical (unpaired) electrons. The third-order valence-corrected chi connectivity index (χ3v) is 14.2. The number of ether oxygens (including phenoxy) is 1. The van der Waals surface area contributed by atoms with Crippen LogP contribution in [0, 0.1) is 29.6 Å². The fraction of sp³-hybridized carbons (Fsp3) is 0.865. The van der Waals surface area contributed by atoms with Crippen LogP contribution < -0.4 is 10.6 Å². The molecule has 13 atom stereocenters. The van der Waals surface area contributed by atoms with Crippen LogP contribution in [0.1, 0.15) is 83.5 Å². The van der Waals surface area contributed by atoms with Gasteiger partial charge in [-0.2, -0.15) is 0 Å². The number of nitrogens with zero attached hydrogens (tertiary/aromatic N) is 3. The lowest BCUT2D eigenvalue weighted by Crippen LogP contribution is -2.73. The third kappa shape index (κ3) is 5.71. The van der Waals surface area contributed by atoms with Gasteiger partial charge in [-0.1, -0.05) is 12.8 Å². The lowest BCUT2D eigenvalue weighted by atomic mass is 9.66. The van der Waals surface area contributed by atoms with Gasteiger partial charge in [0.25, 0.3) is 5.91 Å². The highest BCUT2D eigenvalue weighted by atomic mass is 19.1. The fourth-order valence-electron chi connectivity index (χ4n) is 11.7. The molecule has 0 bridgehead atoms. The van der Waals surface area contributed by atoms with Crippen molar-refractivity contribution in [1.82, 2.24) is 25.3 Å². The second kappa shape index (κ2) is 13.1. The van der Waals surface area contributed by atoms with Crippen molar-refractivity contribution in [3.05, 3.63) is 11.8 Å². The Bertz CT molecular complexity index is 1260. The summed E-state index contributed by atoms with van der Waals surface area (Å²) in [6.45, 7) is 3.41. The van der Waals surface area contributed by atoms with E-state index in [0.717, 1.165) is 58.0 Å². The molecule has 8 rings (SSSR count). The van der Waals surface area contributed by atoms with Crippen molar-refractivity contribution in [2.75, 3.05) is 40.3 Å². The van der Waals surface area contributed by atoms with Crippen LogP contribution in [-0.4, -0.2) is 121 Å². The van der Waals surface area contributed by atoms with Crippen LogP contribution in [0.25, 0.3) is 0 Å². The summed E-state index contributed by atoms with van der Waals surface area (Å²) in [5.74, 6) is 0.195. The highest BCUT2D eigenvalue weighted by Gasteiger charge is 2.62. The van der Waals surface area contributed by atoms with Gasteiger partial charge < -0.3 is 30.1 Å². The minimum Gasteiger partial charge on any atom is -0.369 e. The number of rotatable bonds is 8. The van der Waals surface area contributed by atoms with Gasteiger partial charge in [0.2, 0.25) is 0 Å².